The molecule has 0 aromatic rings. The summed E-state index contributed by atoms with van der Waals surface area (Å²) < 4.78 is 25.3. The molecule has 0 amide bonds. The predicted octanol–water partition coefficient (Wildman–Crippen LogP) is 0.497. The van der Waals surface area contributed by atoms with Crippen LogP contribution < -0.4 is 5.73 Å². The van der Waals surface area contributed by atoms with Crippen molar-refractivity contribution in [3.05, 3.63) is 0 Å². The molecular weight excluding hydrogens is 200 g/mol. The minimum Gasteiger partial charge on any atom is -0.315 e. The molecule has 0 spiro atoms. The van der Waals surface area contributed by atoms with E-state index in [1.807, 2.05) is 0 Å². The largest absolute Gasteiger partial charge is 0.315 e. The fourth-order valence-electron chi connectivity index (χ4n) is 1.95. The highest BCUT2D eigenvalue weighted by molar-refractivity contribution is 7.89. The third-order valence-corrected chi connectivity index (χ3v) is 5.06. The number of hydrogen-bond donors (Lipinski definition) is 1. The minimum atomic E-state index is -3.06. The zero-order valence-electron chi connectivity index (χ0n) is 8.35. The molecule has 1 saturated carbocycles. The molecule has 14 heavy (non-hydrogen) atoms. The first-order chi connectivity index (χ1) is 6.59. The summed E-state index contributed by atoms with van der Waals surface area (Å²) in [6.07, 6.45) is 4.69. The molecule has 0 radical (unpaired) electrons. The van der Waals surface area contributed by atoms with Gasteiger partial charge in [0.1, 0.15) is 0 Å². The second-order valence-electron chi connectivity index (χ2n) is 4.40. The van der Waals surface area contributed by atoms with Crippen molar-refractivity contribution in [1.29, 1.82) is 0 Å². The monoisotopic (exact) mass is 218 g/mol. The van der Waals surface area contributed by atoms with Gasteiger partial charge in [0.2, 0.25) is 10.0 Å². The number of piperidine rings is 1. The van der Waals surface area contributed by atoms with Crippen LogP contribution in [0.4, 0.5) is 0 Å². The van der Waals surface area contributed by atoms with Crippen molar-refractivity contribution in [3.63, 3.8) is 0 Å². The predicted molar refractivity (Wildman–Crippen MR) is 55.0 cm³/mol. The summed E-state index contributed by atoms with van der Waals surface area (Å²) in [7, 11) is -3.06. The fraction of sp³-hybridized carbons (Fsp3) is 1.00. The number of hydrogen-bond acceptors (Lipinski definition) is 3. The van der Waals surface area contributed by atoms with Crippen LogP contribution in [-0.2, 0) is 10.0 Å². The summed E-state index contributed by atoms with van der Waals surface area (Å²) in [5.74, 6) is 0.731. The highest BCUT2D eigenvalue weighted by atomic mass is 32.2. The summed E-state index contributed by atoms with van der Waals surface area (Å²) in [5, 5.41) is 0. The van der Waals surface area contributed by atoms with E-state index in [2.05, 4.69) is 0 Å². The first-order valence-electron chi connectivity index (χ1n) is 5.35. The first-order valence-corrected chi connectivity index (χ1v) is 6.95. The lowest BCUT2D eigenvalue weighted by Crippen LogP contribution is -2.49. The maximum Gasteiger partial charge on any atom is 0.215 e. The molecule has 0 bridgehead atoms. The molecule has 2 aliphatic rings. The Labute approximate surface area is 85.5 Å². The Kier molecular flexibility index (Phi) is 2.81. The Bertz CT molecular complexity index is 298. The molecule has 4 nitrogen and oxygen atoms in total. The van der Waals surface area contributed by atoms with E-state index in [-0.39, 0.29) is 6.17 Å². The van der Waals surface area contributed by atoms with Crippen molar-refractivity contribution in [3.8, 4) is 0 Å². The van der Waals surface area contributed by atoms with E-state index in [9.17, 15) is 8.42 Å². The number of nitrogens with two attached hydrogens (primary N) is 1. The van der Waals surface area contributed by atoms with Crippen molar-refractivity contribution >= 4 is 10.0 Å². The summed E-state index contributed by atoms with van der Waals surface area (Å²) in [6, 6.07) is 0. The molecule has 2 fully saturated rings. The fourth-order valence-corrected chi connectivity index (χ4v) is 4.00. The molecule has 1 heterocycles. The zero-order valence-corrected chi connectivity index (χ0v) is 9.17. The normalized spacial score (nSPS) is 30.5. The van der Waals surface area contributed by atoms with E-state index in [1.54, 1.807) is 0 Å². The molecule has 0 aromatic heterocycles. The highest BCUT2D eigenvalue weighted by Crippen LogP contribution is 2.32. The number of rotatable bonds is 3. The summed E-state index contributed by atoms with van der Waals surface area (Å²) in [5.41, 5.74) is 5.81. The lowest BCUT2D eigenvalue weighted by Gasteiger charge is -2.31. The second kappa shape index (κ2) is 3.79. The molecule has 5 heteroatoms. The Balaban J connectivity index is 2.02. The average molecular weight is 218 g/mol. The van der Waals surface area contributed by atoms with E-state index in [4.69, 9.17) is 5.73 Å². The van der Waals surface area contributed by atoms with Crippen LogP contribution in [0.25, 0.3) is 0 Å². The molecule has 0 aromatic carbocycles. The van der Waals surface area contributed by atoms with Crippen LogP contribution in [0, 0.1) is 5.92 Å². The van der Waals surface area contributed by atoms with E-state index in [0.29, 0.717) is 18.2 Å². The Morgan fingerprint density at radius 3 is 2.50 bits per heavy atom. The molecule has 1 atom stereocenters. The average Bonchev–Trinajstić information content (AvgIpc) is 2.88. The van der Waals surface area contributed by atoms with Crippen LogP contribution in [0.3, 0.4) is 0 Å². The van der Waals surface area contributed by atoms with Crippen LogP contribution in [0.5, 0.6) is 0 Å². The standard InChI is InChI=1S/C9H18N2O2S/c10-9-3-1-2-6-11(9)14(12,13)7-8-4-5-8/h8-9H,1-7,10H2. The third kappa shape index (κ3) is 2.27. The molecule has 1 unspecified atom stereocenters. The van der Waals surface area contributed by atoms with Crippen LogP contribution in [0.2, 0.25) is 0 Å². The van der Waals surface area contributed by atoms with Crippen molar-refractivity contribution in [2.24, 2.45) is 11.7 Å². The SMILES string of the molecule is NC1CCCCN1S(=O)(=O)CC1CC1. The van der Waals surface area contributed by atoms with Gasteiger partial charge in [-0.3, -0.25) is 0 Å². The van der Waals surface area contributed by atoms with Crippen molar-refractivity contribution in [2.45, 2.75) is 38.3 Å². The maximum absolute atomic E-state index is 11.9. The highest BCUT2D eigenvalue weighted by Gasteiger charge is 2.35. The van der Waals surface area contributed by atoms with Crippen molar-refractivity contribution < 1.29 is 8.42 Å². The third-order valence-electron chi connectivity index (χ3n) is 3.00. The second-order valence-corrected chi connectivity index (χ2v) is 6.36. The van der Waals surface area contributed by atoms with Gasteiger partial charge in [0.05, 0.1) is 11.9 Å². The molecule has 1 saturated heterocycles. The van der Waals surface area contributed by atoms with Crippen LogP contribution in [0.1, 0.15) is 32.1 Å². The summed E-state index contributed by atoms with van der Waals surface area (Å²) in [6.45, 7) is 0.621. The van der Waals surface area contributed by atoms with E-state index in [1.165, 1.54) is 4.31 Å². The van der Waals surface area contributed by atoms with Gasteiger partial charge in [-0.15, -0.1) is 0 Å². The quantitative estimate of drug-likeness (QED) is 0.750. The van der Waals surface area contributed by atoms with Gasteiger partial charge in [0.15, 0.2) is 0 Å². The number of sulfonamides is 1. The summed E-state index contributed by atoms with van der Waals surface area (Å²) in [4.78, 5) is 0. The lowest BCUT2D eigenvalue weighted by molar-refractivity contribution is 0.257. The first kappa shape index (κ1) is 10.4. The number of nitrogens with zero attached hydrogens (tertiary/aromatic N) is 1. The molecule has 1 aliphatic heterocycles. The smallest absolute Gasteiger partial charge is 0.215 e. The summed E-state index contributed by atoms with van der Waals surface area (Å²) >= 11 is 0. The van der Waals surface area contributed by atoms with E-state index in [0.717, 1.165) is 32.1 Å². The Morgan fingerprint density at radius 1 is 1.21 bits per heavy atom. The van der Waals surface area contributed by atoms with Crippen LogP contribution in [0.15, 0.2) is 0 Å². The Morgan fingerprint density at radius 2 is 1.93 bits per heavy atom. The van der Waals surface area contributed by atoms with E-state index >= 15 is 0 Å². The molecule has 1 aliphatic carbocycles. The van der Waals surface area contributed by atoms with Crippen LogP contribution >= 0.6 is 0 Å². The van der Waals surface area contributed by atoms with Gasteiger partial charge in [-0.1, -0.05) is 0 Å². The van der Waals surface area contributed by atoms with Crippen LogP contribution in [-0.4, -0.2) is 31.2 Å². The van der Waals surface area contributed by atoms with Gasteiger partial charge < -0.3 is 5.73 Å². The van der Waals surface area contributed by atoms with Gasteiger partial charge in [-0.2, -0.15) is 4.31 Å². The molecule has 82 valence electrons. The van der Waals surface area contributed by atoms with Gasteiger partial charge in [-0.05, 0) is 38.0 Å². The van der Waals surface area contributed by atoms with Crippen molar-refractivity contribution in [1.82, 2.24) is 4.31 Å². The topological polar surface area (TPSA) is 63.4 Å². The molecule has 2 N–H and O–H groups in total. The van der Waals surface area contributed by atoms with E-state index < -0.39 is 10.0 Å². The van der Waals surface area contributed by atoms with Gasteiger partial charge in [0, 0.05) is 6.54 Å². The molecular formula is C9H18N2O2S. The lowest BCUT2D eigenvalue weighted by atomic mass is 10.1. The zero-order chi connectivity index (χ0) is 10.2. The van der Waals surface area contributed by atoms with Crippen molar-refractivity contribution in [2.75, 3.05) is 12.3 Å². The van der Waals surface area contributed by atoms with Gasteiger partial charge in [0.25, 0.3) is 0 Å². The Hall–Kier alpha value is -0.130. The van der Waals surface area contributed by atoms with Gasteiger partial charge in [-0.25, -0.2) is 8.42 Å². The van der Waals surface area contributed by atoms with Gasteiger partial charge >= 0.3 is 0 Å². The minimum absolute atomic E-state index is 0.271. The maximum atomic E-state index is 11.9. The molecule has 2 rings (SSSR count).